The molecule has 0 amide bonds. The van der Waals surface area contributed by atoms with Gasteiger partial charge in [-0.05, 0) is 48.3 Å². The summed E-state index contributed by atoms with van der Waals surface area (Å²) in [6.07, 6.45) is 7.22. The highest BCUT2D eigenvalue weighted by Crippen LogP contribution is 2.42. The van der Waals surface area contributed by atoms with Crippen LogP contribution < -0.4 is 0 Å². The van der Waals surface area contributed by atoms with Gasteiger partial charge >= 0.3 is 5.97 Å². The van der Waals surface area contributed by atoms with Gasteiger partial charge in [0.2, 0.25) is 0 Å². The summed E-state index contributed by atoms with van der Waals surface area (Å²) in [5.74, 6) is -0.0396. The topological polar surface area (TPSA) is 37.3 Å². The van der Waals surface area contributed by atoms with E-state index in [-0.39, 0.29) is 0 Å². The van der Waals surface area contributed by atoms with Crippen LogP contribution in [-0.4, -0.2) is 11.1 Å². The van der Waals surface area contributed by atoms with Crippen molar-refractivity contribution in [2.24, 2.45) is 0 Å². The zero-order valence-corrected chi connectivity index (χ0v) is 11.6. The molecular weight excluding hydrogens is 236 g/mol. The van der Waals surface area contributed by atoms with E-state index in [0.717, 1.165) is 37.7 Å². The molecule has 2 heteroatoms. The smallest absolute Gasteiger partial charge is 0.314 e. The molecule has 1 atom stereocenters. The Morgan fingerprint density at radius 3 is 2.68 bits per heavy atom. The molecule has 1 aromatic rings. The molecule has 0 aliphatic heterocycles. The van der Waals surface area contributed by atoms with Crippen LogP contribution in [0.15, 0.2) is 18.2 Å². The van der Waals surface area contributed by atoms with E-state index in [9.17, 15) is 9.90 Å². The number of fused-ring (bicyclic) bond motifs is 1. The molecule has 2 aliphatic carbocycles. The first-order valence-electron chi connectivity index (χ1n) is 7.50. The van der Waals surface area contributed by atoms with E-state index in [1.165, 1.54) is 24.0 Å². The molecule has 1 saturated carbocycles. The van der Waals surface area contributed by atoms with E-state index in [1.807, 2.05) is 0 Å². The minimum atomic E-state index is -0.627. The molecule has 1 fully saturated rings. The van der Waals surface area contributed by atoms with Crippen molar-refractivity contribution < 1.29 is 9.90 Å². The van der Waals surface area contributed by atoms with Gasteiger partial charge in [-0.15, -0.1) is 0 Å². The van der Waals surface area contributed by atoms with Gasteiger partial charge in [0.1, 0.15) is 0 Å². The number of hydrogen-bond acceptors (Lipinski definition) is 1. The first-order chi connectivity index (χ1) is 9.13. The number of carboxylic acids is 1. The summed E-state index contributed by atoms with van der Waals surface area (Å²) in [6.45, 7) is 2.25. The maximum absolute atomic E-state index is 11.9. The SMILES string of the molecule is CC1CCc2ccc(C3(C(=O)O)CCCCC3)cc21. The number of hydrogen-bond donors (Lipinski definition) is 1. The molecule has 1 aromatic carbocycles. The van der Waals surface area contributed by atoms with Crippen LogP contribution in [0.3, 0.4) is 0 Å². The Kier molecular flexibility index (Phi) is 3.12. The minimum absolute atomic E-state index is 0.587. The second-order valence-electron chi connectivity index (χ2n) is 6.30. The van der Waals surface area contributed by atoms with E-state index >= 15 is 0 Å². The van der Waals surface area contributed by atoms with Crippen molar-refractivity contribution in [3.05, 3.63) is 34.9 Å². The molecule has 19 heavy (non-hydrogen) atoms. The van der Waals surface area contributed by atoms with Gasteiger partial charge in [-0.2, -0.15) is 0 Å². The highest BCUT2D eigenvalue weighted by molar-refractivity contribution is 5.81. The van der Waals surface area contributed by atoms with Gasteiger partial charge in [-0.1, -0.05) is 44.4 Å². The Balaban J connectivity index is 2.04. The number of aryl methyl sites for hydroxylation is 1. The zero-order valence-electron chi connectivity index (χ0n) is 11.6. The van der Waals surface area contributed by atoms with Crippen LogP contribution in [0.2, 0.25) is 0 Å². The van der Waals surface area contributed by atoms with Gasteiger partial charge in [0.05, 0.1) is 5.41 Å². The van der Waals surface area contributed by atoms with Crippen LogP contribution in [-0.2, 0) is 16.6 Å². The molecule has 1 unspecified atom stereocenters. The standard InChI is InChI=1S/C17H22O2/c1-12-5-6-13-7-8-14(11-15(12)13)17(16(18)19)9-3-2-4-10-17/h7-8,11-12H,2-6,9-10H2,1H3,(H,18,19). The molecule has 0 heterocycles. The zero-order chi connectivity index (χ0) is 13.5. The van der Waals surface area contributed by atoms with Crippen LogP contribution in [0.1, 0.15) is 68.1 Å². The largest absolute Gasteiger partial charge is 0.481 e. The minimum Gasteiger partial charge on any atom is -0.481 e. The lowest BCUT2D eigenvalue weighted by atomic mass is 9.69. The van der Waals surface area contributed by atoms with Gasteiger partial charge in [-0.25, -0.2) is 0 Å². The Hall–Kier alpha value is -1.31. The summed E-state index contributed by atoms with van der Waals surface area (Å²) >= 11 is 0. The Labute approximate surface area is 114 Å². The molecule has 3 rings (SSSR count). The highest BCUT2D eigenvalue weighted by atomic mass is 16.4. The van der Waals surface area contributed by atoms with Gasteiger partial charge in [0.15, 0.2) is 0 Å². The van der Waals surface area contributed by atoms with Gasteiger partial charge in [-0.3, -0.25) is 4.79 Å². The monoisotopic (exact) mass is 258 g/mol. The van der Waals surface area contributed by atoms with E-state index in [1.54, 1.807) is 0 Å². The third kappa shape index (κ3) is 1.98. The summed E-state index contributed by atoms with van der Waals surface area (Å²) < 4.78 is 0. The van der Waals surface area contributed by atoms with Crippen molar-refractivity contribution in [2.75, 3.05) is 0 Å². The molecular formula is C17H22O2. The fourth-order valence-electron chi connectivity index (χ4n) is 3.89. The maximum Gasteiger partial charge on any atom is 0.314 e. The van der Waals surface area contributed by atoms with Crippen molar-refractivity contribution in [1.29, 1.82) is 0 Å². The molecule has 0 bridgehead atoms. The van der Waals surface area contributed by atoms with Crippen molar-refractivity contribution in [3.63, 3.8) is 0 Å². The number of rotatable bonds is 2. The van der Waals surface area contributed by atoms with Gasteiger partial charge < -0.3 is 5.11 Å². The lowest BCUT2D eigenvalue weighted by Gasteiger charge is -2.34. The lowest BCUT2D eigenvalue weighted by Crippen LogP contribution is -2.37. The first-order valence-corrected chi connectivity index (χ1v) is 7.50. The second kappa shape index (κ2) is 4.66. The predicted octanol–water partition coefficient (Wildman–Crippen LogP) is 4.02. The van der Waals surface area contributed by atoms with Crippen LogP contribution in [0, 0.1) is 0 Å². The summed E-state index contributed by atoms with van der Waals surface area (Å²) in [5, 5.41) is 9.76. The summed E-state index contributed by atoms with van der Waals surface area (Å²) in [7, 11) is 0. The molecule has 102 valence electrons. The van der Waals surface area contributed by atoms with Gasteiger partial charge in [0.25, 0.3) is 0 Å². The lowest BCUT2D eigenvalue weighted by molar-refractivity contribution is -0.145. The molecule has 1 N–H and O–H groups in total. The van der Waals surface area contributed by atoms with E-state index in [0.29, 0.717) is 5.92 Å². The van der Waals surface area contributed by atoms with Crippen LogP contribution in [0.25, 0.3) is 0 Å². The Morgan fingerprint density at radius 1 is 1.26 bits per heavy atom. The van der Waals surface area contributed by atoms with Crippen molar-refractivity contribution in [2.45, 2.75) is 63.2 Å². The maximum atomic E-state index is 11.9. The first kappa shape index (κ1) is 12.7. The molecule has 0 radical (unpaired) electrons. The number of carbonyl (C=O) groups is 1. The average molecular weight is 258 g/mol. The van der Waals surface area contributed by atoms with Gasteiger partial charge in [0, 0.05) is 0 Å². The van der Waals surface area contributed by atoms with Crippen LogP contribution >= 0.6 is 0 Å². The van der Waals surface area contributed by atoms with E-state index < -0.39 is 11.4 Å². The van der Waals surface area contributed by atoms with Crippen LogP contribution in [0.4, 0.5) is 0 Å². The van der Waals surface area contributed by atoms with E-state index in [2.05, 4.69) is 25.1 Å². The van der Waals surface area contributed by atoms with E-state index in [4.69, 9.17) is 0 Å². The molecule has 0 saturated heterocycles. The Bertz CT molecular complexity index is 498. The third-order valence-electron chi connectivity index (χ3n) is 5.19. The summed E-state index contributed by atoms with van der Waals surface area (Å²) in [5.41, 5.74) is 3.25. The fourth-order valence-corrected chi connectivity index (χ4v) is 3.89. The van der Waals surface area contributed by atoms with Crippen molar-refractivity contribution >= 4 is 5.97 Å². The molecule has 2 aliphatic rings. The van der Waals surface area contributed by atoms with Crippen LogP contribution in [0.5, 0.6) is 0 Å². The quantitative estimate of drug-likeness (QED) is 0.869. The number of carboxylic acid groups (broad SMARTS) is 1. The van der Waals surface area contributed by atoms with Crippen molar-refractivity contribution in [3.8, 4) is 0 Å². The molecule has 0 aromatic heterocycles. The fraction of sp³-hybridized carbons (Fsp3) is 0.588. The Morgan fingerprint density at radius 2 is 2.00 bits per heavy atom. The second-order valence-corrected chi connectivity index (χ2v) is 6.30. The number of aliphatic carboxylic acids is 1. The molecule has 0 spiro atoms. The third-order valence-corrected chi connectivity index (χ3v) is 5.19. The number of benzene rings is 1. The summed E-state index contributed by atoms with van der Waals surface area (Å²) in [4.78, 5) is 11.9. The van der Waals surface area contributed by atoms with Crippen molar-refractivity contribution in [1.82, 2.24) is 0 Å². The average Bonchev–Trinajstić information content (AvgIpc) is 2.80. The summed E-state index contributed by atoms with van der Waals surface area (Å²) in [6, 6.07) is 6.45. The highest BCUT2D eigenvalue weighted by Gasteiger charge is 2.41. The predicted molar refractivity (Wildman–Crippen MR) is 75.6 cm³/mol. The normalized spacial score (nSPS) is 25.0. The molecule has 2 nitrogen and oxygen atoms in total.